The Bertz CT molecular complexity index is 595. The molecule has 2 aromatic carbocycles. The number of rotatable bonds is 5. The number of hydrogen-bond donors (Lipinski definition) is 1. The van der Waals surface area contributed by atoms with Crippen molar-refractivity contribution in [1.29, 1.82) is 0 Å². The monoisotopic (exact) mass is 282 g/mol. The van der Waals surface area contributed by atoms with Gasteiger partial charge in [-0.2, -0.15) is 0 Å². The van der Waals surface area contributed by atoms with E-state index in [0.29, 0.717) is 13.1 Å². The number of aryl methyl sites for hydroxylation is 1. The summed E-state index contributed by atoms with van der Waals surface area (Å²) < 4.78 is 0. The molecule has 0 aromatic heterocycles. The summed E-state index contributed by atoms with van der Waals surface area (Å²) in [5, 5.41) is 0. The van der Waals surface area contributed by atoms with Crippen molar-refractivity contribution in [2.24, 2.45) is 5.73 Å². The molecule has 1 unspecified atom stereocenters. The number of carbonyl (C=O) groups excluding carboxylic acids is 1. The lowest BCUT2D eigenvalue weighted by Crippen LogP contribution is -2.38. The summed E-state index contributed by atoms with van der Waals surface area (Å²) in [6, 6.07) is 17.7. The summed E-state index contributed by atoms with van der Waals surface area (Å²) in [6.45, 7) is 4.95. The van der Waals surface area contributed by atoms with Crippen LogP contribution in [-0.4, -0.2) is 19.0 Å². The van der Waals surface area contributed by atoms with Gasteiger partial charge in [0.2, 0.25) is 5.91 Å². The largest absolute Gasteiger partial charge is 0.329 e. The Labute approximate surface area is 126 Å². The molecule has 0 aliphatic carbocycles. The van der Waals surface area contributed by atoms with Crippen molar-refractivity contribution in [2.75, 3.05) is 18.0 Å². The minimum atomic E-state index is -0.300. The van der Waals surface area contributed by atoms with E-state index in [0.717, 1.165) is 16.8 Å². The van der Waals surface area contributed by atoms with Crippen LogP contribution >= 0.6 is 0 Å². The maximum absolute atomic E-state index is 12.9. The molecule has 0 fully saturated rings. The molecule has 0 saturated heterocycles. The number of likely N-dealkylation sites (N-methyl/N-ethyl adjacent to an activating group) is 1. The summed E-state index contributed by atoms with van der Waals surface area (Å²) in [4.78, 5) is 14.7. The Morgan fingerprint density at radius 1 is 1.10 bits per heavy atom. The third kappa shape index (κ3) is 3.31. The first-order valence-electron chi connectivity index (χ1n) is 7.31. The van der Waals surface area contributed by atoms with Crippen molar-refractivity contribution >= 4 is 11.6 Å². The molecule has 110 valence electrons. The van der Waals surface area contributed by atoms with Crippen LogP contribution in [0.4, 0.5) is 5.69 Å². The summed E-state index contributed by atoms with van der Waals surface area (Å²) in [5.41, 5.74) is 8.89. The van der Waals surface area contributed by atoms with E-state index in [4.69, 9.17) is 5.73 Å². The Morgan fingerprint density at radius 3 is 2.29 bits per heavy atom. The van der Waals surface area contributed by atoms with Gasteiger partial charge in [0.1, 0.15) is 0 Å². The Morgan fingerprint density at radius 2 is 1.71 bits per heavy atom. The van der Waals surface area contributed by atoms with Gasteiger partial charge in [-0.25, -0.2) is 0 Å². The van der Waals surface area contributed by atoms with Crippen LogP contribution in [0.15, 0.2) is 54.6 Å². The molecule has 0 aliphatic heterocycles. The molecule has 0 aliphatic rings. The fraction of sp³-hybridized carbons (Fsp3) is 0.278. The van der Waals surface area contributed by atoms with E-state index in [9.17, 15) is 4.79 Å². The third-order valence-electron chi connectivity index (χ3n) is 3.72. The van der Waals surface area contributed by atoms with E-state index in [1.165, 1.54) is 0 Å². The average Bonchev–Trinajstić information content (AvgIpc) is 2.52. The van der Waals surface area contributed by atoms with Gasteiger partial charge in [-0.1, -0.05) is 48.5 Å². The highest BCUT2D eigenvalue weighted by Gasteiger charge is 2.25. The number of amides is 1. The van der Waals surface area contributed by atoms with E-state index in [1.54, 1.807) is 0 Å². The highest BCUT2D eigenvalue weighted by molar-refractivity contribution is 5.98. The smallest absolute Gasteiger partial charge is 0.235 e. The topological polar surface area (TPSA) is 46.3 Å². The van der Waals surface area contributed by atoms with Crippen molar-refractivity contribution in [1.82, 2.24) is 0 Å². The van der Waals surface area contributed by atoms with Crippen LogP contribution in [0.1, 0.15) is 24.0 Å². The van der Waals surface area contributed by atoms with Crippen LogP contribution in [0, 0.1) is 6.92 Å². The number of benzene rings is 2. The third-order valence-corrected chi connectivity index (χ3v) is 3.72. The molecular weight excluding hydrogens is 260 g/mol. The Kier molecular flexibility index (Phi) is 5.12. The Hall–Kier alpha value is -2.13. The lowest BCUT2D eigenvalue weighted by molar-refractivity contribution is -0.119. The van der Waals surface area contributed by atoms with Crippen LogP contribution < -0.4 is 10.6 Å². The Balaban J connectivity index is 2.33. The van der Waals surface area contributed by atoms with Crippen LogP contribution in [0.25, 0.3) is 0 Å². The first-order valence-corrected chi connectivity index (χ1v) is 7.31. The van der Waals surface area contributed by atoms with Gasteiger partial charge in [-0.3, -0.25) is 4.79 Å². The number of nitrogens with zero attached hydrogens (tertiary/aromatic N) is 1. The van der Waals surface area contributed by atoms with E-state index < -0.39 is 0 Å². The molecule has 1 atom stereocenters. The number of para-hydroxylation sites is 1. The molecular formula is C18H22N2O. The van der Waals surface area contributed by atoms with Crippen molar-refractivity contribution < 1.29 is 4.79 Å². The van der Waals surface area contributed by atoms with Crippen molar-refractivity contribution in [3.05, 3.63) is 65.7 Å². The zero-order valence-corrected chi connectivity index (χ0v) is 12.6. The van der Waals surface area contributed by atoms with E-state index >= 15 is 0 Å². The van der Waals surface area contributed by atoms with Crippen LogP contribution in [0.2, 0.25) is 0 Å². The van der Waals surface area contributed by atoms with Crippen molar-refractivity contribution in [2.45, 2.75) is 19.8 Å². The number of carbonyl (C=O) groups is 1. The fourth-order valence-corrected chi connectivity index (χ4v) is 2.56. The summed E-state index contributed by atoms with van der Waals surface area (Å²) in [6.07, 6.45) is 0. The highest BCUT2D eigenvalue weighted by atomic mass is 16.2. The quantitative estimate of drug-likeness (QED) is 0.916. The first kappa shape index (κ1) is 15.3. The van der Waals surface area contributed by atoms with Gasteiger partial charge in [0, 0.05) is 18.8 Å². The van der Waals surface area contributed by atoms with Gasteiger partial charge >= 0.3 is 0 Å². The molecule has 0 saturated carbocycles. The van der Waals surface area contributed by atoms with Crippen LogP contribution in [0.3, 0.4) is 0 Å². The normalized spacial score (nSPS) is 12.0. The number of anilines is 1. The predicted molar refractivity (Wildman–Crippen MR) is 87.4 cm³/mol. The van der Waals surface area contributed by atoms with Gasteiger partial charge in [-0.05, 0) is 31.0 Å². The van der Waals surface area contributed by atoms with Crippen LogP contribution in [0.5, 0.6) is 0 Å². The lowest BCUT2D eigenvalue weighted by atomic mass is 9.97. The zero-order valence-electron chi connectivity index (χ0n) is 12.6. The molecule has 0 radical (unpaired) electrons. The number of nitrogens with two attached hydrogens (primary N) is 1. The summed E-state index contributed by atoms with van der Waals surface area (Å²) >= 11 is 0. The molecule has 3 nitrogen and oxygen atoms in total. The molecule has 1 amide bonds. The SMILES string of the molecule is CCN(C(=O)C(CN)c1ccccc1)c1ccccc1C. The molecule has 3 heteroatoms. The number of hydrogen-bond acceptors (Lipinski definition) is 2. The minimum absolute atomic E-state index is 0.0560. The lowest BCUT2D eigenvalue weighted by Gasteiger charge is -2.27. The zero-order chi connectivity index (χ0) is 15.2. The molecule has 2 rings (SSSR count). The summed E-state index contributed by atoms with van der Waals surface area (Å²) in [7, 11) is 0. The van der Waals surface area contributed by atoms with E-state index in [2.05, 4.69) is 0 Å². The van der Waals surface area contributed by atoms with Gasteiger partial charge in [-0.15, -0.1) is 0 Å². The molecule has 2 N–H and O–H groups in total. The fourth-order valence-electron chi connectivity index (χ4n) is 2.56. The average molecular weight is 282 g/mol. The first-order chi connectivity index (χ1) is 10.2. The molecule has 0 heterocycles. The standard InChI is InChI=1S/C18H22N2O/c1-3-20(17-12-8-7-9-14(17)2)18(21)16(13-19)15-10-5-4-6-11-15/h4-12,16H,3,13,19H2,1-2H3. The minimum Gasteiger partial charge on any atom is -0.329 e. The van der Waals surface area contributed by atoms with E-state index in [-0.39, 0.29) is 11.8 Å². The molecule has 21 heavy (non-hydrogen) atoms. The van der Waals surface area contributed by atoms with Gasteiger partial charge < -0.3 is 10.6 Å². The van der Waals surface area contributed by atoms with Crippen LogP contribution in [-0.2, 0) is 4.79 Å². The molecule has 0 spiro atoms. The highest BCUT2D eigenvalue weighted by Crippen LogP contribution is 2.24. The maximum atomic E-state index is 12.9. The van der Waals surface area contributed by atoms with Gasteiger partial charge in [0.15, 0.2) is 0 Å². The second-order valence-electron chi connectivity index (χ2n) is 5.07. The van der Waals surface area contributed by atoms with E-state index in [1.807, 2.05) is 73.3 Å². The van der Waals surface area contributed by atoms with Gasteiger partial charge in [0.05, 0.1) is 5.92 Å². The maximum Gasteiger partial charge on any atom is 0.235 e. The van der Waals surface area contributed by atoms with Crippen molar-refractivity contribution in [3.8, 4) is 0 Å². The second-order valence-corrected chi connectivity index (χ2v) is 5.07. The second kappa shape index (κ2) is 7.04. The van der Waals surface area contributed by atoms with Gasteiger partial charge in [0.25, 0.3) is 0 Å². The molecule has 0 bridgehead atoms. The van der Waals surface area contributed by atoms with Crippen molar-refractivity contribution in [3.63, 3.8) is 0 Å². The predicted octanol–water partition coefficient (Wildman–Crippen LogP) is 3.09. The molecule has 2 aromatic rings. The summed E-state index contributed by atoms with van der Waals surface area (Å²) in [5.74, 6) is -0.244.